The Morgan fingerprint density at radius 1 is 0.838 bits per heavy atom. The van der Waals surface area contributed by atoms with E-state index in [2.05, 4.69) is 58.6 Å². The van der Waals surface area contributed by atoms with Crippen LogP contribution in [-0.2, 0) is 6.54 Å². The lowest BCUT2D eigenvalue weighted by atomic mass is 9.97. The van der Waals surface area contributed by atoms with Crippen LogP contribution in [0.2, 0.25) is 0 Å². The van der Waals surface area contributed by atoms with E-state index >= 15 is 0 Å². The van der Waals surface area contributed by atoms with Crippen molar-refractivity contribution in [3.63, 3.8) is 0 Å². The first-order valence-corrected chi connectivity index (χ1v) is 12.7. The molecule has 7 nitrogen and oxygen atoms in total. The van der Waals surface area contributed by atoms with Gasteiger partial charge in [0.2, 0.25) is 11.3 Å². The summed E-state index contributed by atoms with van der Waals surface area (Å²) in [5.74, 6) is 0.569. The number of fused-ring (bicyclic) bond motifs is 4. The molecule has 1 aromatic heterocycles. The lowest BCUT2D eigenvalue weighted by Crippen LogP contribution is -2.22. The molecule has 3 aromatic carbocycles. The molecule has 2 aliphatic rings. The molecule has 37 heavy (non-hydrogen) atoms. The van der Waals surface area contributed by atoms with E-state index < -0.39 is 0 Å². The molecule has 7 heteroatoms. The number of aromatic nitrogens is 4. The standard InChI is InChI=1S/C30H27N5O2/c1-4-34(5-2)20-16-17-23-24(18-20)35(6-3)27-25(28(36)22-15-11-10-14-21(22)26(27)31-23)30-33-32-29(37-30)19-12-8-7-9-13-19/h7-18H,4-6H2,1-3H3. The molecular formula is C30H27N5O2. The smallest absolute Gasteiger partial charge is 0.254 e. The van der Waals surface area contributed by atoms with Gasteiger partial charge in [0.25, 0.3) is 5.89 Å². The molecule has 2 heterocycles. The number of aryl methyl sites for hydroxylation is 1. The highest BCUT2D eigenvalue weighted by Crippen LogP contribution is 2.38. The van der Waals surface area contributed by atoms with Crippen LogP contribution < -0.4 is 10.3 Å². The summed E-state index contributed by atoms with van der Waals surface area (Å²) in [6, 6.07) is 23.5. The monoisotopic (exact) mass is 489 g/mol. The van der Waals surface area contributed by atoms with Gasteiger partial charge in [-0.3, -0.25) is 4.79 Å². The van der Waals surface area contributed by atoms with Gasteiger partial charge in [0, 0.05) is 41.7 Å². The average molecular weight is 490 g/mol. The first kappa shape index (κ1) is 22.9. The van der Waals surface area contributed by atoms with E-state index in [1.807, 2.05) is 54.6 Å². The van der Waals surface area contributed by atoms with Crippen molar-refractivity contribution in [2.24, 2.45) is 0 Å². The van der Waals surface area contributed by atoms with Crippen molar-refractivity contribution in [1.29, 1.82) is 0 Å². The van der Waals surface area contributed by atoms with E-state index in [4.69, 9.17) is 9.40 Å². The second-order valence-corrected chi connectivity index (χ2v) is 8.93. The van der Waals surface area contributed by atoms with Crippen LogP contribution in [0.25, 0.3) is 56.1 Å². The third kappa shape index (κ3) is 3.66. The first-order chi connectivity index (χ1) is 18.1. The Morgan fingerprint density at radius 2 is 1.54 bits per heavy atom. The minimum atomic E-state index is -0.144. The summed E-state index contributed by atoms with van der Waals surface area (Å²) in [5, 5.41) is 10.0. The highest BCUT2D eigenvalue weighted by atomic mass is 16.4. The highest BCUT2D eigenvalue weighted by Gasteiger charge is 2.27. The topological polar surface area (TPSA) is 77.1 Å². The van der Waals surface area contributed by atoms with Gasteiger partial charge in [0.1, 0.15) is 5.56 Å². The quantitative estimate of drug-likeness (QED) is 0.204. The van der Waals surface area contributed by atoms with Crippen LogP contribution >= 0.6 is 0 Å². The molecular weight excluding hydrogens is 462 g/mol. The molecule has 0 N–H and O–H groups in total. The third-order valence-corrected chi connectivity index (χ3v) is 6.97. The molecule has 184 valence electrons. The molecule has 0 saturated heterocycles. The van der Waals surface area contributed by atoms with Crippen LogP contribution in [0.3, 0.4) is 0 Å². The van der Waals surface area contributed by atoms with Crippen LogP contribution in [0.5, 0.6) is 0 Å². The van der Waals surface area contributed by atoms with E-state index in [9.17, 15) is 4.79 Å². The normalized spacial score (nSPS) is 11.5. The first-order valence-electron chi connectivity index (χ1n) is 12.7. The summed E-state index contributed by atoms with van der Waals surface area (Å²) in [4.78, 5) is 21.4. The molecule has 0 bridgehead atoms. The molecule has 6 rings (SSSR count). The van der Waals surface area contributed by atoms with E-state index in [1.165, 1.54) is 0 Å². The number of benzene rings is 4. The maximum atomic E-state index is 14.0. The zero-order valence-corrected chi connectivity index (χ0v) is 21.1. The number of nitrogens with zero attached hydrogens (tertiary/aromatic N) is 5. The predicted octanol–water partition coefficient (Wildman–Crippen LogP) is 6.24. The summed E-state index contributed by atoms with van der Waals surface area (Å²) in [5.41, 5.74) is 5.44. The maximum Gasteiger partial charge on any atom is 0.254 e. The summed E-state index contributed by atoms with van der Waals surface area (Å²) < 4.78 is 8.28. The molecule has 0 saturated carbocycles. The van der Waals surface area contributed by atoms with E-state index in [0.717, 1.165) is 46.5 Å². The second-order valence-electron chi connectivity index (χ2n) is 8.93. The molecule has 1 aliphatic carbocycles. The molecule has 4 aromatic rings. The Bertz CT molecular complexity index is 1770. The maximum absolute atomic E-state index is 14.0. The minimum absolute atomic E-state index is 0.144. The SMILES string of the molecule is CCN(CC)c1ccc2nc3c4ccccc4c(=O)c(-c4nnc(-c5ccccc5)o4)c-3n(CC)c2c1. The van der Waals surface area contributed by atoms with Gasteiger partial charge in [-0.05, 0) is 51.1 Å². The zero-order valence-electron chi connectivity index (χ0n) is 21.1. The molecule has 0 unspecified atom stereocenters. The number of rotatable bonds is 6. The van der Waals surface area contributed by atoms with Crippen molar-refractivity contribution in [1.82, 2.24) is 19.7 Å². The fourth-order valence-corrected chi connectivity index (χ4v) is 5.15. The van der Waals surface area contributed by atoms with E-state index in [-0.39, 0.29) is 11.3 Å². The van der Waals surface area contributed by atoms with Crippen molar-refractivity contribution in [2.75, 3.05) is 18.0 Å². The molecule has 0 amide bonds. The molecule has 0 radical (unpaired) electrons. The summed E-state index contributed by atoms with van der Waals surface area (Å²) in [7, 11) is 0. The van der Waals surface area contributed by atoms with Crippen LogP contribution in [0.1, 0.15) is 20.8 Å². The Kier molecular flexibility index (Phi) is 5.68. The Hall–Kier alpha value is -4.52. The molecule has 1 aliphatic heterocycles. The Morgan fingerprint density at radius 3 is 2.27 bits per heavy atom. The summed E-state index contributed by atoms with van der Waals surface area (Å²) in [6.07, 6.45) is 0. The van der Waals surface area contributed by atoms with Gasteiger partial charge in [0.15, 0.2) is 0 Å². The van der Waals surface area contributed by atoms with E-state index in [0.29, 0.717) is 29.1 Å². The Labute approximate surface area is 214 Å². The molecule has 0 spiro atoms. The number of hydrogen-bond donors (Lipinski definition) is 0. The van der Waals surface area contributed by atoms with Gasteiger partial charge in [-0.2, -0.15) is 0 Å². The Balaban J connectivity index is 1.72. The average Bonchev–Trinajstić information content (AvgIpc) is 3.43. The van der Waals surface area contributed by atoms with Gasteiger partial charge in [0.05, 0.1) is 22.4 Å². The van der Waals surface area contributed by atoms with Crippen molar-refractivity contribution in [3.8, 4) is 34.3 Å². The van der Waals surface area contributed by atoms with Crippen molar-refractivity contribution >= 4 is 27.5 Å². The minimum Gasteiger partial charge on any atom is -0.416 e. The van der Waals surface area contributed by atoms with Crippen molar-refractivity contribution < 1.29 is 4.42 Å². The number of hydrogen-bond acceptors (Lipinski definition) is 6. The summed E-state index contributed by atoms with van der Waals surface area (Å²) in [6.45, 7) is 8.82. The fraction of sp³-hybridized carbons (Fsp3) is 0.200. The molecule has 0 atom stereocenters. The lowest BCUT2D eigenvalue weighted by molar-refractivity contribution is 0.583. The van der Waals surface area contributed by atoms with Crippen molar-refractivity contribution in [3.05, 3.63) is 83.0 Å². The van der Waals surface area contributed by atoms with Gasteiger partial charge < -0.3 is 13.9 Å². The van der Waals surface area contributed by atoms with Crippen molar-refractivity contribution in [2.45, 2.75) is 27.3 Å². The van der Waals surface area contributed by atoms with Crippen LogP contribution in [0, 0.1) is 0 Å². The third-order valence-electron chi connectivity index (χ3n) is 6.97. The summed E-state index contributed by atoms with van der Waals surface area (Å²) >= 11 is 0. The number of anilines is 1. The second kappa shape index (κ2) is 9.17. The van der Waals surface area contributed by atoms with Gasteiger partial charge in [-0.15, -0.1) is 10.2 Å². The fourth-order valence-electron chi connectivity index (χ4n) is 5.15. The van der Waals surface area contributed by atoms with Gasteiger partial charge in [-0.25, -0.2) is 4.98 Å². The van der Waals surface area contributed by atoms with Gasteiger partial charge >= 0.3 is 0 Å². The van der Waals surface area contributed by atoms with E-state index in [1.54, 1.807) is 0 Å². The predicted molar refractivity (Wildman–Crippen MR) is 148 cm³/mol. The molecule has 0 fully saturated rings. The van der Waals surface area contributed by atoms with Gasteiger partial charge in [-0.1, -0.05) is 42.5 Å². The van der Waals surface area contributed by atoms with Crippen LogP contribution in [-0.4, -0.2) is 32.8 Å². The van der Waals surface area contributed by atoms with Crippen LogP contribution in [0.15, 0.2) is 82.0 Å². The van der Waals surface area contributed by atoms with Crippen LogP contribution in [0.4, 0.5) is 5.69 Å². The largest absolute Gasteiger partial charge is 0.416 e. The zero-order chi connectivity index (χ0) is 25.5. The lowest BCUT2D eigenvalue weighted by Gasteiger charge is -2.24. The highest BCUT2D eigenvalue weighted by molar-refractivity contribution is 6.03.